The molecular weight excluding hydrogens is 350 g/mol. The fourth-order valence-corrected chi connectivity index (χ4v) is 2.68. The third kappa shape index (κ3) is 4.52. The van der Waals surface area contributed by atoms with Crippen LogP contribution >= 0.6 is 11.6 Å². The molecule has 0 unspecified atom stereocenters. The molecule has 0 spiro atoms. The van der Waals surface area contributed by atoms with E-state index in [-0.39, 0.29) is 5.91 Å². The number of carbonyl (C=O) groups is 1. The Bertz CT molecular complexity index is 915. The van der Waals surface area contributed by atoms with Crippen LogP contribution in [0.1, 0.15) is 15.9 Å². The number of methoxy groups -OCH3 is 1. The summed E-state index contributed by atoms with van der Waals surface area (Å²) in [5.74, 6) is 0.528. The molecule has 26 heavy (non-hydrogen) atoms. The van der Waals surface area contributed by atoms with Crippen LogP contribution in [0.3, 0.4) is 0 Å². The molecule has 0 bridgehead atoms. The minimum atomic E-state index is -0.210. The highest BCUT2D eigenvalue weighted by molar-refractivity contribution is 6.30. The van der Waals surface area contributed by atoms with Gasteiger partial charge in [-0.15, -0.1) is 0 Å². The van der Waals surface area contributed by atoms with Crippen LogP contribution in [0.2, 0.25) is 5.02 Å². The van der Waals surface area contributed by atoms with E-state index in [9.17, 15) is 4.79 Å². The monoisotopic (exact) mass is 367 g/mol. The predicted octanol–water partition coefficient (Wildman–Crippen LogP) is 4.42. The van der Waals surface area contributed by atoms with Crippen molar-refractivity contribution in [2.45, 2.75) is 6.54 Å². The lowest BCUT2D eigenvalue weighted by molar-refractivity contribution is 0.0950. The third-order valence-corrected chi connectivity index (χ3v) is 3.98. The van der Waals surface area contributed by atoms with E-state index in [0.29, 0.717) is 22.8 Å². The molecule has 0 saturated carbocycles. The molecule has 3 aromatic rings. The zero-order chi connectivity index (χ0) is 18.4. The maximum Gasteiger partial charge on any atom is 0.253 e. The zero-order valence-corrected chi connectivity index (χ0v) is 15.0. The maximum atomic E-state index is 12.4. The van der Waals surface area contributed by atoms with Crippen molar-refractivity contribution in [2.75, 3.05) is 12.4 Å². The van der Waals surface area contributed by atoms with Gasteiger partial charge in [0, 0.05) is 29.0 Å². The molecule has 0 fully saturated rings. The Labute approximate surface area is 157 Å². The zero-order valence-electron chi connectivity index (χ0n) is 14.2. The average Bonchev–Trinajstić information content (AvgIpc) is 2.66. The van der Waals surface area contributed by atoms with Crippen molar-refractivity contribution in [2.24, 2.45) is 0 Å². The van der Waals surface area contributed by atoms with Gasteiger partial charge in [-0.2, -0.15) is 0 Å². The van der Waals surface area contributed by atoms with Crippen LogP contribution in [-0.4, -0.2) is 18.0 Å². The van der Waals surface area contributed by atoms with Crippen LogP contribution < -0.4 is 15.4 Å². The van der Waals surface area contributed by atoms with Gasteiger partial charge >= 0.3 is 0 Å². The number of nitrogens with zero attached hydrogens (tertiary/aromatic N) is 1. The number of hydrogen-bond acceptors (Lipinski definition) is 4. The molecule has 0 aliphatic carbocycles. The number of amides is 1. The number of anilines is 2. The molecule has 0 atom stereocenters. The van der Waals surface area contributed by atoms with Gasteiger partial charge in [0.05, 0.1) is 24.6 Å². The number of carbonyl (C=O) groups excluding carboxylic acids is 1. The quantitative estimate of drug-likeness (QED) is 0.677. The van der Waals surface area contributed by atoms with Crippen molar-refractivity contribution in [3.63, 3.8) is 0 Å². The minimum Gasteiger partial charge on any atom is -0.496 e. The second-order valence-electron chi connectivity index (χ2n) is 5.59. The maximum absolute atomic E-state index is 12.4. The number of pyridine rings is 1. The van der Waals surface area contributed by atoms with Gasteiger partial charge in [0.1, 0.15) is 5.75 Å². The number of aromatic nitrogens is 1. The molecule has 1 heterocycles. The Balaban J connectivity index is 1.68. The summed E-state index contributed by atoms with van der Waals surface area (Å²) >= 11 is 5.99. The van der Waals surface area contributed by atoms with Crippen LogP contribution in [0.5, 0.6) is 5.75 Å². The second-order valence-corrected chi connectivity index (χ2v) is 6.03. The van der Waals surface area contributed by atoms with Gasteiger partial charge in [0.15, 0.2) is 0 Å². The molecule has 5 nitrogen and oxygen atoms in total. The lowest BCUT2D eigenvalue weighted by Crippen LogP contribution is -2.23. The van der Waals surface area contributed by atoms with Crippen molar-refractivity contribution < 1.29 is 9.53 Å². The molecule has 2 aromatic carbocycles. The highest BCUT2D eigenvalue weighted by Crippen LogP contribution is 2.20. The van der Waals surface area contributed by atoms with E-state index in [4.69, 9.17) is 16.3 Å². The van der Waals surface area contributed by atoms with E-state index < -0.39 is 0 Å². The molecule has 0 aliphatic rings. The first-order chi connectivity index (χ1) is 12.7. The number of hydrogen-bond donors (Lipinski definition) is 2. The van der Waals surface area contributed by atoms with E-state index >= 15 is 0 Å². The van der Waals surface area contributed by atoms with E-state index in [2.05, 4.69) is 15.6 Å². The molecule has 1 aromatic heterocycles. The van der Waals surface area contributed by atoms with Gasteiger partial charge in [-0.25, -0.2) is 0 Å². The fraction of sp³-hybridized carbons (Fsp3) is 0.100. The predicted molar refractivity (Wildman–Crippen MR) is 103 cm³/mol. The highest BCUT2D eigenvalue weighted by Gasteiger charge is 2.09. The molecular formula is C20H18ClN3O2. The molecule has 132 valence electrons. The summed E-state index contributed by atoms with van der Waals surface area (Å²) < 4.78 is 5.29. The van der Waals surface area contributed by atoms with Crippen molar-refractivity contribution in [3.8, 4) is 5.75 Å². The third-order valence-electron chi connectivity index (χ3n) is 3.75. The first kappa shape index (κ1) is 17.8. The highest BCUT2D eigenvalue weighted by atomic mass is 35.5. The van der Waals surface area contributed by atoms with Gasteiger partial charge in [-0.05, 0) is 30.3 Å². The van der Waals surface area contributed by atoms with E-state index in [0.717, 1.165) is 17.0 Å². The van der Waals surface area contributed by atoms with E-state index in [1.807, 2.05) is 36.4 Å². The summed E-state index contributed by atoms with van der Waals surface area (Å²) in [5.41, 5.74) is 2.90. The summed E-state index contributed by atoms with van der Waals surface area (Å²) in [4.78, 5) is 16.6. The molecule has 1 amide bonds. The normalized spacial score (nSPS) is 10.2. The van der Waals surface area contributed by atoms with Crippen LogP contribution in [0.4, 0.5) is 11.4 Å². The van der Waals surface area contributed by atoms with Gasteiger partial charge < -0.3 is 15.4 Å². The molecule has 2 N–H and O–H groups in total. The molecule has 6 heteroatoms. The Kier molecular flexibility index (Phi) is 5.71. The number of nitrogens with one attached hydrogen (secondary N) is 2. The Morgan fingerprint density at radius 2 is 1.92 bits per heavy atom. The van der Waals surface area contributed by atoms with Gasteiger partial charge in [0.25, 0.3) is 5.91 Å². The fourth-order valence-electron chi connectivity index (χ4n) is 2.49. The van der Waals surface area contributed by atoms with E-state index in [1.165, 1.54) is 6.20 Å². The SMILES string of the molecule is COc1ccccc1CNC(=O)c1cncc(Nc2cccc(Cl)c2)c1. The summed E-state index contributed by atoms with van der Waals surface area (Å²) in [7, 11) is 1.61. The number of ether oxygens (including phenoxy) is 1. The van der Waals surface area contributed by atoms with Gasteiger partial charge in [-0.3, -0.25) is 9.78 Å². The second kappa shape index (κ2) is 8.36. The summed E-state index contributed by atoms with van der Waals surface area (Å²) in [6.07, 6.45) is 3.18. The minimum absolute atomic E-state index is 0.210. The van der Waals surface area contributed by atoms with Crippen molar-refractivity contribution in [3.05, 3.63) is 83.1 Å². The van der Waals surface area contributed by atoms with Gasteiger partial charge in [-0.1, -0.05) is 35.9 Å². The van der Waals surface area contributed by atoms with Crippen molar-refractivity contribution in [1.29, 1.82) is 0 Å². The van der Waals surface area contributed by atoms with Crippen LogP contribution in [0.25, 0.3) is 0 Å². The number of rotatable bonds is 6. The van der Waals surface area contributed by atoms with Gasteiger partial charge in [0.2, 0.25) is 0 Å². The van der Waals surface area contributed by atoms with E-state index in [1.54, 1.807) is 31.5 Å². The average molecular weight is 368 g/mol. The standard InChI is InChI=1S/C20H18ClN3O2/c1-26-19-8-3-2-5-14(19)12-23-20(25)15-9-18(13-22-11-15)24-17-7-4-6-16(21)10-17/h2-11,13,24H,12H2,1H3,(H,23,25). The number of halogens is 1. The Morgan fingerprint density at radius 1 is 1.08 bits per heavy atom. The molecule has 0 radical (unpaired) electrons. The lowest BCUT2D eigenvalue weighted by atomic mass is 10.2. The Hall–Kier alpha value is -3.05. The lowest BCUT2D eigenvalue weighted by Gasteiger charge is -2.11. The summed E-state index contributed by atoms with van der Waals surface area (Å²) in [6.45, 7) is 0.370. The largest absolute Gasteiger partial charge is 0.496 e. The van der Waals surface area contributed by atoms with Crippen LogP contribution in [0.15, 0.2) is 67.0 Å². The topological polar surface area (TPSA) is 63.2 Å². The number of para-hydroxylation sites is 1. The first-order valence-corrected chi connectivity index (χ1v) is 8.41. The van der Waals surface area contributed by atoms with Crippen LogP contribution in [0, 0.1) is 0 Å². The molecule has 0 aliphatic heterocycles. The summed E-state index contributed by atoms with van der Waals surface area (Å²) in [6, 6.07) is 16.6. The summed E-state index contributed by atoms with van der Waals surface area (Å²) in [5, 5.41) is 6.70. The number of benzene rings is 2. The van der Waals surface area contributed by atoms with Crippen LogP contribution in [-0.2, 0) is 6.54 Å². The first-order valence-electron chi connectivity index (χ1n) is 8.03. The molecule has 0 saturated heterocycles. The Morgan fingerprint density at radius 3 is 2.73 bits per heavy atom. The molecule has 3 rings (SSSR count). The smallest absolute Gasteiger partial charge is 0.253 e. The van der Waals surface area contributed by atoms with Crippen molar-refractivity contribution in [1.82, 2.24) is 10.3 Å². The van der Waals surface area contributed by atoms with Crippen molar-refractivity contribution >= 4 is 28.9 Å².